The second-order valence-electron chi connectivity index (χ2n) is 6.98. The minimum atomic E-state index is -0.399. The lowest BCUT2D eigenvalue weighted by Gasteiger charge is -2.12. The molecule has 4 aromatic rings. The molecule has 12 nitrogen and oxygen atoms in total. The molecule has 0 amide bonds. The monoisotopic (exact) mass is 498 g/mol. The fraction of sp³-hybridized carbons (Fsp3) is 0.227. The quantitative estimate of drug-likeness (QED) is 0.246. The zero-order chi connectivity index (χ0) is 24.4. The number of rotatable bonds is 9. The Labute approximate surface area is 202 Å². The van der Waals surface area contributed by atoms with E-state index in [0.717, 1.165) is 11.8 Å². The number of carbonyl (C=O) groups is 1. The highest BCUT2D eigenvalue weighted by Crippen LogP contribution is 2.41. The van der Waals surface area contributed by atoms with Crippen LogP contribution in [0.3, 0.4) is 0 Å². The molecule has 2 aromatic carbocycles. The van der Waals surface area contributed by atoms with Gasteiger partial charge in [0.2, 0.25) is 30.1 Å². The lowest BCUT2D eigenvalue weighted by Crippen LogP contribution is -2.02. The van der Waals surface area contributed by atoms with Gasteiger partial charge in [0, 0.05) is 11.1 Å². The molecule has 5 rings (SSSR count). The van der Waals surface area contributed by atoms with Crippen LogP contribution in [0.4, 0.5) is 0 Å². The van der Waals surface area contributed by atoms with Crippen LogP contribution in [0.2, 0.25) is 0 Å². The van der Waals surface area contributed by atoms with E-state index in [-0.39, 0.29) is 29.5 Å². The van der Waals surface area contributed by atoms with Gasteiger partial charge in [-0.05, 0) is 30.3 Å². The van der Waals surface area contributed by atoms with Gasteiger partial charge in [-0.1, -0.05) is 11.8 Å². The van der Waals surface area contributed by atoms with Crippen molar-refractivity contribution in [2.75, 3.05) is 33.9 Å². The predicted molar refractivity (Wildman–Crippen MR) is 120 cm³/mol. The zero-order valence-electron chi connectivity index (χ0n) is 18.8. The topological polar surface area (TPSA) is 141 Å². The molecule has 0 bridgehead atoms. The summed E-state index contributed by atoms with van der Waals surface area (Å²) < 4.78 is 37.9. The average molecular weight is 498 g/mol. The van der Waals surface area contributed by atoms with E-state index in [0.29, 0.717) is 45.8 Å². The summed E-state index contributed by atoms with van der Waals surface area (Å²) in [6.07, 6.45) is 0. The van der Waals surface area contributed by atoms with E-state index in [1.54, 1.807) is 30.3 Å². The molecule has 13 heteroatoms. The van der Waals surface area contributed by atoms with Crippen LogP contribution in [0.25, 0.3) is 22.9 Å². The average Bonchev–Trinajstić information content (AvgIpc) is 3.66. The third-order valence-corrected chi connectivity index (χ3v) is 5.75. The number of benzene rings is 2. The lowest BCUT2D eigenvalue weighted by atomic mass is 10.2. The van der Waals surface area contributed by atoms with Gasteiger partial charge in [-0.15, -0.1) is 20.4 Å². The van der Waals surface area contributed by atoms with Crippen LogP contribution in [0.5, 0.6) is 28.7 Å². The van der Waals surface area contributed by atoms with Gasteiger partial charge in [-0.25, -0.2) is 0 Å². The first kappa shape index (κ1) is 22.5. The molecule has 1 aliphatic heterocycles. The van der Waals surface area contributed by atoms with Crippen molar-refractivity contribution in [1.29, 1.82) is 0 Å². The third-order valence-electron chi connectivity index (χ3n) is 4.93. The van der Waals surface area contributed by atoms with Crippen LogP contribution < -0.4 is 23.7 Å². The molecule has 180 valence electrons. The SMILES string of the molecule is COc1cc(-c2nnc(C(=O)CSc3nnc(-c4ccc5c(c4)OCO5)o3)o2)cc(OC)c1OC. The van der Waals surface area contributed by atoms with Crippen LogP contribution in [-0.2, 0) is 0 Å². The Kier molecular flexibility index (Phi) is 6.14. The number of ketones is 1. The summed E-state index contributed by atoms with van der Waals surface area (Å²) in [6, 6.07) is 8.59. The van der Waals surface area contributed by atoms with Crippen molar-refractivity contribution in [3.63, 3.8) is 0 Å². The Balaban J connectivity index is 1.26. The molecule has 0 spiro atoms. The van der Waals surface area contributed by atoms with Crippen molar-refractivity contribution >= 4 is 17.5 Å². The van der Waals surface area contributed by atoms with Crippen LogP contribution in [0.1, 0.15) is 10.7 Å². The second-order valence-corrected chi connectivity index (χ2v) is 7.91. The number of hydrogen-bond acceptors (Lipinski definition) is 13. The van der Waals surface area contributed by atoms with Gasteiger partial charge in [0.15, 0.2) is 23.0 Å². The van der Waals surface area contributed by atoms with Gasteiger partial charge in [-0.2, -0.15) is 0 Å². The van der Waals surface area contributed by atoms with Gasteiger partial charge in [-0.3, -0.25) is 4.79 Å². The van der Waals surface area contributed by atoms with Crippen LogP contribution in [0, 0.1) is 0 Å². The van der Waals surface area contributed by atoms with Crippen LogP contribution in [0.15, 0.2) is 44.4 Å². The number of carbonyl (C=O) groups excluding carboxylic acids is 1. The van der Waals surface area contributed by atoms with Crippen molar-refractivity contribution < 1.29 is 37.3 Å². The van der Waals surface area contributed by atoms with E-state index in [4.69, 9.17) is 32.5 Å². The first-order valence-electron chi connectivity index (χ1n) is 10.1. The molecular weight excluding hydrogens is 480 g/mol. The summed E-state index contributed by atoms with van der Waals surface area (Å²) >= 11 is 1.06. The molecule has 1 aliphatic rings. The van der Waals surface area contributed by atoms with Crippen molar-refractivity contribution in [3.05, 3.63) is 36.2 Å². The van der Waals surface area contributed by atoms with Gasteiger partial charge in [0.25, 0.3) is 11.1 Å². The molecule has 0 radical (unpaired) electrons. The summed E-state index contributed by atoms with van der Waals surface area (Å²) in [5.41, 5.74) is 1.18. The van der Waals surface area contributed by atoms with Crippen molar-refractivity contribution in [2.45, 2.75) is 5.22 Å². The Morgan fingerprint density at radius 3 is 2.31 bits per heavy atom. The standard InChI is InChI=1S/C22H18N4O8S/c1-28-16-7-12(8-17(29-2)18(16)30-3)20-23-25-21(33-20)13(27)9-35-22-26-24-19(34-22)11-4-5-14-15(6-11)32-10-31-14/h4-8H,9-10H2,1-3H3. The molecule has 0 atom stereocenters. The Morgan fingerprint density at radius 2 is 1.57 bits per heavy atom. The summed E-state index contributed by atoms with van der Waals surface area (Å²) in [5, 5.41) is 16.0. The number of ether oxygens (including phenoxy) is 5. The summed E-state index contributed by atoms with van der Waals surface area (Å²) in [5.74, 6) is 2.33. The van der Waals surface area contributed by atoms with E-state index < -0.39 is 5.78 Å². The van der Waals surface area contributed by atoms with E-state index in [2.05, 4.69) is 20.4 Å². The van der Waals surface area contributed by atoms with Gasteiger partial charge < -0.3 is 32.5 Å². The Morgan fingerprint density at radius 1 is 0.857 bits per heavy atom. The molecule has 0 aliphatic carbocycles. The van der Waals surface area contributed by atoms with Gasteiger partial charge >= 0.3 is 0 Å². The Hall–Kier alpha value is -4.26. The normalized spacial score (nSPS) is 12.0. The van der Waals surface area contributed by atoms with E-state index >= 15 is 0 Å². The van der Waals surface area contributed by atoms with E-state index in [9.17, 15) is 4.79 Å². The van der Waals surface area contributed by atoms with Gasteiger partial charge in [0.05, 0.1) is 27.1 Å². The maximum Gasteiger partial charge on any atom is 0.285 e. The van der Waals surface area contributed by atoms with Gasteiger partial charge in [0.1, 0.15) is 0 Å². The maximum absolute atomic E-state index is 12.6. The highest BCUT2D eigenvalue weighted by Gasteiger charge is 2.22. The second kappa shape index (κ2) is 9.54. The first-order chi connectivity index (χ1) is 17.1. The smallest absolute Gasteiger partial charge is 0.285 e. The molecular formula is C22H18N4O8S. The van der Waals surface area contributed by atoms with Crippen LogP contribution >= 0.6 is 11.8 Å². The number of nitrogens with zero attached hydrogens (tertiary/aromatic N) is 4. The zero-order valence-corrected chi connectivity index (χ0v) is 19.6. The molecule has 0 saturated heterocycles. The van der Waals surface area contributed by atoms with Crippen molar-refractivity contribution in [3.8, 4) is 51.7 Å². The first-order valence-corrected chi connectivity index (χ1v) is 11.1. The number of aromatic nitrogens is 4. The summed E-state index contributed by atoms with van der Waals surface area (Å²) in [7, 11) is 4.50. The lowest BCUT2D eigenvalue weighted by molar-refractivity contribution is 0.0986. The summed E-state index contributed by atoms with van der Waals surface area (Å²) in [6.45, 7) is 0.169. The third kappa shape index (κ3) is 4.45. The molecule has 0 fully saturated rings. The highest BCUT2D eigenvalue weighted by molar-refractivity contribution is 7.99. The van der Waals surface area contributed by atoms with Crippen molar-refractivity contribution in [2.24, 2.45) is 0 Å². The van der Waals surface area contributed by atoms with Crippen LogP contribution in [-0.4, -0.2) is 60.1 Å². The predicted octanol–water partition coefficient (Wildman–Crippen LogP) is 3.52. The molecule has 0 N–H and O–H groups in total. The number of Topliss-reactive ketones (excluding diaryl/α,β-unsaturated/α-hetero) is 1. The molecule has 2 aromatic heterocycles. The number of methoxy groups -OCH3 is 3. The fourth-order valence-electron chi connectivity index (χ4n) is 3.26. The minimum Gasteiger partial charge on any atom is -0.493 e. The number of fused-ring (bicyclic) bond motifs is 1. The molecule has 0 saturated carbocycles. The summed E-state index contributed by atoms with van der Waals surface area (Å²) in [4.78, 5) is 12.6. The Bertz CT molecular complexity index is 1360. The molecule has 0 unspecified atom stereocenters. The fourth-order valence-corrected chi connectivity index (χ4v) is 3.87. The largest absolute Gasteiger partial charge is 0.493 e. The minimum absolute atomic E-state index is 0.0420. The molecule has 35 heavy (non-hydrogen) atoms. The van der Waals surface area contributed by atoms with Crippen molar-refractivity contribution in [1.82, 2.24) is 20.4 Å². The number of hydrogen-bond donors (Lipinski definition) is 0. The molecule has 3 heterocycles. The highest BCUT2D eigenvalue weighted by atomic mass is 32.2. The van der Waals surface area contributed by atoms with E-state index in [1.807, 2.05) is 0 Å². The van der Waals surface area contributed by atoms with E-state index in [1.165, 1.54) is 21.3 Å². The number of thioether (sulfide) groups is 1. The maximum atomic E-state index is 12.6.